The monoisotopic (exact) mass is 235 g/mol. The number of amides is 1. The lowest BCUT2D eigenvalue weighted by Gasteiger charge is -2.12. The van der Waals surface area contributed by atoms with Crippen LogP contribution in [0.15, 0.2) is 24.3 Å². The number of hydrogen-bond acceptors (Lipinski definition) is 3. The van der Waals surface area contributed by atoms with E-state index >= 15 is 0 Å². The van der Waals surface area contributed by atoms with E-state index in [9.17, 15) is 9.18 Å². The molecule has 0 spiro atoms. The van der Waals surface area contributed by atoms with E-state index in [1.54, 1.807) is 0 Å². The summed E-state index contributed by atoms with van der Waals surface area (Å²) < 4.78 is 12.7. The van der Waals surface area contributed by atoms with Gasteiger partial charge in [0.2, 0.25) is 5.91 Å². The van der Waals surface area contributed by atoms with Crippen LogP contribution in [0.25, 0.3) is 0 Å². The van der Waals surface area contributed by atoms with Crippen LogP contribution in [0.1, 0.15) is 13.3 Å². The predicted molar refractivity (Wildman–Crippen MR) is 62.7 cm³/mol. The minimum Gasteiger partial charge on any atom is -0.369 e. The van der Waals surface area contributed by atoms with Crippen molar-refractivity contribution in [2.24, 2.45) is 0 Å². The van der Waals surface area contributed by atoms with Crippen LogP contribution >= 0.6 is 0 Å². The summed E-state index contributed by atoms with van der Waals surface area (Å²) >= 11 is 0. The molecule has 0 aliphatic rings. The highest BCUT2D eigenvalue weighted by molar-refractivity contribution is 5.77. The number of nitriles is 1. The lowest BCUT2D eigenvalue weighted by atomic mass is 10.2. The topological polar surface area (TPSA) is 64.9 Å². The van der Waals surface area contributed by atoms with Crippen molar-refractivity contribution in [2.45, 2.75) is 19.4 Å². The molecule has 0 heterocycles. The fourth-order valence-electron chi connectivity index (χ4n) is 1.33. The van der Waals surface area contributed by atoms with E-state index in [1.807, 2.05) is 13.0 Å². The van der Waals surface area contributed by atoms with Crippen molar-refractivity contribution < 1.29 is 9.18 Å². The number of hydrogen-bond donors (Lipinski definition) is 2. The molecule has 0 fully saturated rings. The molecule has 1 unspecified atom stereocenters. The first-order valence-corrected chi connectivity index (χ1v) is 5.34. The van der Waals surface area contributed by atoms with Gasteiger partial charge < -0.3 is 10.6 Å². The summed E-state index contributed by atoms with van der Waals surface area (Å²) in [5, 5.41) is 14.4. The fourth-order valence-corrected chi connectivity index (χ4v) is 1.33. The highest BCUT2D eigenvalue weighted by Crippen LogP contribution is 2.10. The van der Waals surface area contributed by atoms with Crippen LogP contribution in [0.4, 0.5) is 10.1 Å². The number of anilines is 1. The molecule has 0 saturated heterocycles. The number of nitrogens with one attached hydrogen (secondary N) is 2. The maximum atomic E-state index is 12.7. The Morgan fingerprint density at radius 1 is 1.47 bits per heavy atom. The average Bonchev–Trinajstić information content (AvgIpc) is 2.31. The van der Waals surface area contributed by atoms with Gasteiger partial charge in [0.25, 0.3) is 0 Å². The second-order valence-corrected chi connectivity index (χ2v) is 3.49. The van der Waals surface area contributed by atoms with Crippen molar-refractivity contribution in [1.29, 1.82) is 5.26 Å². The van der Waals surface area contributed by atoms with E-state index in [1.165, 1.54) is 24.3 Å². The fraction of sp³-hybridized carbons (Fsp3) is 0.333. The van der Waals surface area contributed by atoms with Crippen molar-refractivity contribution in [3.05, 3.63) is 30.1 Å². The maximum Gasteiger partial charge on any atom is 0.223 e. The zero-order valence-electron chi connectivity index (χ0n) is 9.53. The minimum absolute atomic E-state index is 0.0711. The van der Waals surface area contributed by atoms with Gasteiger partial charge in [-0.05, 0) is 31.2 Å². The summed E-state index contributed by atoms with van der Waals surface area (Å²) in [6.45, 7) is 2.35. The van der Waals surface area contributed by atoms with E-state index < -0.39 is 6.04 Å². The maximum absolute atomic E-state index is 12.7. The largest absolute Gasteiger partial charge is 0.369 e. The lowest BCUT2D eigenvalue weighted by molar-refractivity contribution is -0.121. The Kier molecular flexibility index (Phi) is 4.95. The van der Waals surface area contributed by atoms with Gasteiger partial charge in [0, 0.05) is 12.2 Å². The molecule has 1 atom stereocenters. The number of nitrogens with zero attached hydrogens (tertiary/aromatic N) is 1. The lowest BCUT2D eigenvalue weighted by Crippen LogP contribution is -2.30. The Morgan fingerprint density at radius 3 is 2.65 bits per heavy atom. The van der Waals surface area contributed by atoms with Crippen LogP contribution in [0.2, 0.25) is 0 Å². The third-order valence-electron chi connectivity index (χ3n) is 2.10. The van der Waals surface area contributed by atoms with E-state index in [0.29, 0.717) is 12.2 Å². The average molecular weight is 235 g/mol. The molecule has 0 saturated carbocycles. The number of halogens is 1. The van der Waals surface area contributed by atoms with E-state index in [-0.39, 0.29) is 18.1 Å². The number of carbonyl (C=O) groups is 1. The van der Waals surface area contributed by atoms with E-state index in [0.717, 1.165) is 0 Å². The second kappa shape index (κ2) is 6.48. The van der Waals surface area contributed by atoms with Gasteiger partial charge in [-0.15, -0.1) is 0 Å². The molecule has 1 aromatic carbocycles. The molecule has 1 aromatic rings. The Hall–Kier alpha value is -2.09. The molecule has 17 heavy (non-hydrogen) atoms. The van der Waals surface area contributed by atoms with E-state index in [2.05, 4.69) is 10.6 Å². The SMILES string of the molecule is CCNC(=O)CC(C#N)Nc1ccc(F)cc1. The molecular weight excluding hydrogens is 221 g/mol. The highest BCUT2D eigenvalue weighted by atomic mass is 19.1. The predicted octanol–water partition coefficient (Wildman–Crippen LogP) is 1.66. The smallest absolute Gasteiger partial charge is 0.223 e. The normalized spacial score (nSPS) is 11.4. The molecule has 1 rings (SSSR count). The Balaban J connectivity index is 2.55. The van der Waals surface area contributed by atoms with Gasteiger partial charge in [-0.25, -0.2) is 4.39 Å². The van der Waals surface area contributed by atoms with Gasteiger partial charge in [-0.2, -0.15) is 5.26 Å². The second-order valence-electron chi connectivity index (χ2n) is 3.49. The number of carbonyl (C=O) groups excluding carboxylic acids is 1. The van der Waals surface area contributed by atoms with Gasteiger partial charge in [0.05, 0.1) is 12.5 Å². The molecule has 90 valence electrons. The van der Waals surface area contributed by atoms with Gasteiger partial charge in [-0.1, -0.05) is 0 Å². The van der Waals surface area contributed by atoms with Gasteiger partial charge in [0.1, 0.15) is 11.9 Å². The highest BCUT2D eigenvalue weighted by Gasteiger charge is 2.12. The molecule has 2 N–H and O–H groups in total. The zero-order valence-corrected chi connectivity index (χ0v) is 9.53. The van der Waals surface area contributed by atoms with Crippen LogP contribution in [-0.4, -0.2) is 18.5 Å². The van der Waals surface area contributed by atoms with Crippen molar-refractivity contribution >= 4 is 11.6 Å². The number of rotatable bonds is 5. The van der Waals surface area contributed by atoms with Crippen molar-refractivity contribution in [1.82, 2.24) is 5.32 Å². The molecule has 0 aliphatic carbocycles. The first kappa shape index (κ1) is 13.0. The summed E-state index contributed by atoms with van der Waals surface area (Å²) in [6.07, 6.45) is 0.0711. The third kappa shape index (κ3) is 4.51. The molecule has 0 radical (unpaired) electrons. The van der Waals surface area contributed by atoms with Gasteiger partial charge in [0.15, 0.2) is 0 Å². The molecule has 0 aromatic heterocycles. The molecule has 0 aliphatic heterocycles. The van der Waals surface area contributed by atoms with Crippen LogP contribution in [0.5, 0.6) is 0 Å². The molecule has 0 bridgehead atoms. The van der Waals surface area contributed by atoms with Crippen LogP contribution in [0.3, 0.4) is 0 Å². The summed E-state index contributed by atoms with van der Waals surface area (Å²) in [4.78, 5) is 11.3. The summed E-state index contributed by atoms with van der Waals surface area (Å²) in [5.74, 6) is -0.526. The summed E-state index contributed by atoms with van der Waals surface area (Å²) in [5.41, 5.74) is 0.613. The quantitative estimate of drug-likeness (QED) is 0.815. The first-order chi connectivity index (χ1) is 8.15. The standard InChI is InChI=1S/C12H14FN3O/c1-2-15-12(17)7-11(8-14)16-10-5-3-9(13)4-6-10/h3-6,11,16H,2,7H2,1H3,(H,15,17). The third-order valence-corrected chi connectivity index (χ3v) is 2.10. The molecule has 5 heteroatoms. The van der Waals surface area contributed by atoms with Crippen molar-refractivity contribution in [3.8, 4) is 6.07 Å². The Morgan fingerprint density at radius 2 is 2.12 bits per heavy atom. The van der Waals surface area contributed by atoms with Gasteiger partial charge in [-0.3, -0.25) is 4.79 Å². The van der Waals surface area contributed by atoms with Crippen molar-refractivity contribution in [2.75, 3.05) is 11.9 Å². The van der Waals surface area contributed by atoms with Crippen LogP contribution in [-0.2, 0) is 4.79 Å². The number of benzene rings is 1. The minimum atomic E-state index is -0.619. The van der Waals surface area contributed by atoms with E-state index in [4.69, 9.17) is 5.26 Å². The van der Waals surface area contributed by atoms with Crippen LogP contribution in [0, 0.1) is 17.1 Å². The van der Waals surface area contributed by atoms with Crippen LogP contribution < -0.4 is 10.6 Å². The first-order valence-electron chi connectivity index (χ1n) is 5.34. The molecular formula is C12H14FN3O. The summed E-state index contributed by atoms with van der Waals surface area (Å²) in [6, 6.07) is 7.01. The summed E-state index contributed by atoms with van der Waals surface area (Å²) in [7, 11) is 0. The Bertz CT molecular complexity index is 411. The van der Waals surface area contributed by atoms with Gasteiger partial charge >= 0.3 is 0 Å². The zero-order chi connectivity index (χ0) is 12.7. The van der Waals surface area contributed by atoms with Crippen molar-refractivity contribution in [3.63, 3.8) is 0 Å². The molecule has 4 nitrogen and oxygen atoms in total. The molecule has 1 amide bonds. The Labute approximate surface area is 99.4 Å².